The van der Waals surface area contributed by atoms with Gasteiger partial charge in [-0.2, -0.15) is 13.2 Å². The summed E-state index contributed by atoms with van der Waals surface area (Å²) in [6, 6.07) is 9.62. The molecule has 0 spiro atoms. The number of nitrogens with one attached hydrogen (secondary N) is 3. The van der Waals surface area contributed by atoms with Crippen molar-refractivity contribution in [2.75, 3.05) is 4.72 Å². The topological polar surface area (TPSA) is 199 Å². The van der Waals surface area contributed by atoms with Crippen LogP contribution in [0, 0.1) is 11.6 Å². The van der Waals surface area contributed by atoms with E-state index in [-0.39, 0.29) is 35.9 Å². The van der Waals surface area contributed by atoms with Crippen LogP contribution < -0.4 is 26.6 Å². The van der Waals surface area contributed by atoms with Crippen molar-refractivity contribution < 1.29 is 49.9 Å². The molecule has 0 bridgehead atoms. The lowest BCUT2D eigenvalue weighted by Gasteiger charge is -2.20. The maximum absolute atomic E-state index is 15.1. The minimum Gasteiger partial charge on any atom is -0.480 e. The third-order valence-corrected chi connectivity index (χ3v) is 10.3. The molecule has 1 atom stereocenters. The molecule has 2 heterocycles. The average Bonchev–Trinajstić information content (AvgIpc) is 3.93. The number of anilines is 1. The van der Waals surface area contributed by atoms with Gasteiger partial charge in [0.1, 0.15) is 23.2 Å². The van der Waals surface area contributed by atoms with Crippen molar-refractivity contribution in [2.45, 2.75) is 41.9 Å². The lowest BCUT2D eigenvalue weighted by molar-refractivity contribution is -0.163. The predicted octanol–water partition coefficient (Wildman–Crippen LogP) is 3.41. The van der Waals surface area contributed by atoms with Crippen molar-refractivity contribution in [2.24, 2.45) is 7.05 Å². The van der Waals surface area contributed by atoms with Gasteiger partial charge in [0.2, 0.25) is 0 Å². The molecule has 55 heavy (non-hydrogen) atoms. The van der Waals surface area contributed by atoms with E-state index in [2.05, 4.69) is 10.3 Å². The highest BCUT2D eigenvalue weighted by Gasteiger charge is 2.64. The van der Waals surface area contributed by atoms with Gasteiger partial charge in [-0.25, -0.2) is 31.4 Å². The molecule has 0 aliphatic heterocycles. The molecule has 1 aliphatic carbocycles. The Morgan fingerprint density at radius 2 is 1.60 bits per heavy atom. The van der Waals surface area contributed by atoms with Gasteiger partial charge in [-0.1, -0.05) is 12.1 Å². The van der Waals surface area contributed by atoms with E-state index in [1.807, 2.05) is 5.32 Å². The van der Waals surface area contributed by atoms with E-state index in [1.165, 1.54) is 54.3 Å². The second-order valence-electron chi connectivity index (χ2n) is 12.6. The molecule has 4 N–H and O–H groups in total. The summed E-state index contributed by atoms with van der Waals surface area (Å²) in [5, 5.41) is 14.0. The highest BCUT2D eigenvalue weighted by molar-refractivity contribution is 7.92. The van der Waals surface area contributed by atoms with Crippen molar-refractivity contribution in [3.8, 4) is 5.69 Å². The number of aliphatic carboxylic acids is 1. The van der Waals surface area contributed by atoms with E-state index in [0.717, 1.165) is 28.8 Å². The normalized spacial score (nSPS) is 14.2. The SMILES string of the molecule is Cn1c(=O)n(-c2ccc(C[C@H](NC(=O)c3cc(F)c(NS(=O)(=O)c4ccc(C(=O)NC5(C(F)(F)F)CC5)cc4)cc3F)C(=O)O)cc2)c(=O)c2ccncc21. The molecule has 0 radical (unpaired) electrons. The maximum atomic E-state index is 15.1. The molecule has 1 aliphatic rings. The van der Waals surface area contributed by atoms with Gasteiger partial charge < -0.3 is 15.7 Å². The number of aryl methyl sites for hydroxylation is 1. The first-order valence-electron chi connectivity index (χ1n) is 16.0. The van der Waals surface area contributed by atoms with Crippen LogP contribution in [0.2, 0.25) is 0 Å². The van der Waals surface area contributed by atoms with Gasteiger partial charge in [-0.05, 0) is 66.9 Å². The van der Waals surface area contributed by atoms with Gasteiger partial charge in [0.15, 0.2) is 0 Å². The zero-order chi connectivity index (χ0) is 40.0. The van der Waals surface area contributed by atoms with E-state index in [0.29, 0.717) is 23.2 Å². The van der Waals surface area contributed by atoms with Crippen LogP contribution >= 0.6 is 0 Å². The highest BCUT2D eigenvalue weighted by atomic mass is 32.2. The summed E-state index contributed by atoms with van der Waals surface area (Å²) in [7, 11) is -3.20. The zero-order valence-electron chi connectivity index (χ0n) is 28.1. The van der Waals surface area contributed by atoms with Gasteiger partial charge in [-0.15, -0.1) is 0 Å². The minimum atomic E-state index is -4.68. The molecule has 2 aromatic heterocycles. The van der Waals surface area contributed by atoms with Crippen LogP contribution in [0.4, 0.5) is 27.6 Å². The Kier molecular flexibility index (Phi) is 9.80. The summed E-state index contributed by atoms with van der Waals surface area (Å²) in [6.45, 7) is 0. The summed E-state index contributed by atoms with van der Waals surface area (Å²) in [4.78, 5) is 66.7. The fraction of sp³-hybridized carbons (Fsp3) is 0.200. The van der Waals surface area contributed by atoms with Crippen LogP contribution in [0.1, 0.15) is 39.1 Å². The number of nitrogens with zero attached hydrogens (tertiary/aromatic N) is 3. The number of amides is 2. The van der Waals surface area contributed by atoms with Gasteiger partial charge >= 0.3 is 17.8 Å². The number of aromatic nitrogens is 3. The van der Waals surface area contributed by atoms with Crippen molar-refractivity contribution in [3.63, 3.8) is 0 Å². The summed E-state index contributed by atoms with van der Waals surface area (Å²) in [5.41, 5.74) is -5.05. The molecule has 5 aromatic rings. The number of carboxylic acid groups (broad SMARTS) is 1. The molecule has 2 amide bonds. The first-order valence-corrected chi connectivity index (χ1v) is 17.5. The number of rotatable bonds is 11. The fourth-order valence-electron chi connectivity index (χ4n) is 5.66. The number of carbonyl (C=O) groups excluding carboxylic acids is 2. The summed E-state index contributed by atoms with van der Waals surface area (Å²) < 4.78 is 99.5. The molecule has 1 saturated carbocycles. The molecular formula is C35H27F5N6O8S. The summed E-state index contributed by atoms with van der Waals surface area (Å²) in [5.74, 6) is -6.87. The summed E-state index contributed by atoms with van der Waals surface area (Å²) in [6.07, 6.45) is -2.90. The molecule has 286 valence electrons. The average molecular weight is 787 g/mol. The number of hydrogen-bond acceptors (Lipinski definition) is 8. The van der Waals surface area contributed by atoms with E-state index in [1.54, 1.807) is 4.72 Å². The van der Waals surface area contributed by atoms with Crippen molar-refractivity contribution in [3.05, 3.63) is 128 Å². The van der Waals surface area contributed by atoms with Crippen LogP contribution in [0.15, 0.2) is 93.6 Å². The number of carboxylic acids is 1. The molecule has 14 nitrogen and oxygen atoms in total. The molecule has 1 fully saturated rings. The standard InChI is InChI=1S/C35H27F5N6O8S/c1-45-28-17-41-13-10-22(28)31(49)46(33(45)52)20-6-2-18(3-7-20)14-27(32(50)51)42-30(48)23-15-25(37)26(16-24(23)36)44-55(53,54)21-8-4-19(5-9-21)29(47)43-34(11-12-34)35(38,39)40/h2-10,13,15-17,27,44H,11-12,14H2,1H3,(H,42,48)(H,43,47)(H,50,51)/t27-/m0/s1. The third kappa shape index (κ3) is 7.52. The van der Waals surface area contributed by atoms with Gasteiger partial charge in [-0.3, -0.25) is 28.7 Å². The Hall–Kier alpha value is -6.44. The molecule has 0 unspecified atom stereocenters. The number of hydrogen-bond donors (Lipinski definition) is 4. The Morgan fingerprint density at radius 1 is 0.945 bits per heavy atom. The molecule has 3 aromatic carbocycles. The monoisotopic (exact) mass is 786 g/mol. The van der Waals surface area contributed by atoms with Crippen LogP contribution in [0.25, 0.3) is 16.6 Å². The number of fused-ring (bicyclic) bond motifs is 1. The van der Waals surface area contributed by atoms with Gasteiger partial charge in [0, 0.05) is 31.3 Å². The van der Waals surface area contributed by atoms with Crippen molar-refractivity contribution in [1.29, 1.82) is 0 Å². The lowest BCUT2D eigenvalue weighted by atomic mass is 10.0. The van der Waals surface area contributed by atoms with E-state index in [9.17, 15) is 50.7 Å². The Labute approximate surface area is 306 Å². The number of sulfonamides is 1. The number of halogens is 5. The number of pyridine rings is 1. The summed E-state index contributed by atoms with van der Waals surface area (Å²) >= 11 is 0. The number of carbonyl (C=O) groups is 3. The van der Waals surface area contributed by atoms with Gasteiger partial charge in [0.05, 0.1) is 38.9 Å². The van der Waals surface area contributed by atoms with E-state index in [4.69, 9.17) is 0 Å². The predicted molar refractivity (Wildman–Crippen MR) is 184 cm³/mol. The first kappa shape index (κ1) is 38.3. The maximum Gasteiger partial charge on any atom is 0.411 e. The minimum absolute atomic E-state index is 0.160. The van der Waals surface area contributed by atoms with Crippen LogP contribution in [0.3, 0.4) is 0 Å². The fourth-order valence-corrected chi connectivity index (χ4v) is 6.72. The van der Waals surface area contributed by atoms with Crippen LogP contribution in [-0.2, 0) is 28.3 Å². The van der Waals surface area contributed by atoms with Gasteiger partial charge in [0.25, 0.3) is 27.4 Å². The van der Waals surface area contributed by atoms with Crippen molar-refractivity contribution >= 4 is 44.4 Å². The Morgan fingerprint density at radius 3 is 2.20 bits per heavy atom. The smallest absolute Gasteiger partial charge is 0.411 e. The zero-order valence-corrected chi connectivity index (χ0v) is 29.0. The number of alkyl halides is 3. The van der Waals surface area contributed by atoms with Crippen molar-refractivity contribution in [1.82, 2.24) is 24.8 Å². The van der Waals surface area contributed by atoms with E-state index < -0.39 is 84.6 Å². The second-order valence-corrected chi connectivity index (χ2v) is 14.3. The molecule has 20 heteroatoms. The molecule has 6 rings (SSSR count). The first-order chi connectivity index (χ1) is 25.8. The lowest BCUT2D eigenvalue weighted by Crippen LogP contribution is -2.47. The third-order valence-electron chi connectivity index (χ3n) is 8.93. The molecular weight excluding hydrogens is 759 g/mol. The van der Waals surface area contributed by atoms with E-state index >= 15 is 8.78 Å². The Balaban J connectivity index is 1.13. The Bertz CT molecular complexity index is 2610. The van der Waals surface area contributed by atoms with Crippen LogP contribution in [0.5, 0.6) is 0 Å². The largest absolute Gasteiger partial charge is 0.480 e. The number of benzene rings is 3. The molecule has 0 saturated heterocycles. The second kappa shape index (κ2) is 14.1. The van der Waals surface area contributed by atoms with Crippen LogP contribution in [-0.4, -0.2) is 63.2 Å². The quantitative estimate of drug-likeness (QED) is 0.145. The highest BCUT2D eigenvalue weighted by Crippen LogP contribution is 2.49.